The zero-order valence-electron chi connectivity index (χ0n) is 30.4. The van der Waals surface area contributed by atoms with E-state index >= 15 is 0 Å². The number of allylic oxidation sites excluding steroid dienone is 1. The molecule has 12 nitrogen and oxygen atoms in total. The van der Waals surface area contributed by atoms with Gasteiger partial charge in [0.2, 0.25) is 5.91 Å². The minimum atomic E-state index is -1.34. The predicted octanol–water partition coefficient (Wildman–Crippen LogP) is 3.38. The third kappa shape index (κ3) is 6.10. The van der Waals surface area contributed by atoms with Crippen molar-refractivity contribution in [2.75, 3.05) is 13.2 Å². The van der Waals surface area contributed by atoms with Gasteiger partial charge in [-0.3, -0.25) is 19.2 Å². The van der Waals surface area contributed by atoms with Crippen molar-refractivity contribution in [3.05, 3.63) is 112 Å². The first-order valence-electron chi connectivity index (χ1n) is 19.6. The smallest absolute Gasteiger partial charge is 0.327 e. The fourth-order valence-corrected chi connectivity index (χ4v) is 10.1. The van der Waals surface area contributed by atoms with E-state index in [1.165, 1.54) is 0 Å². The Labute approximate surface area is 319 Å². The van der Waals surface area contributed by atoms with Crippen molar-refractivity contribution < 1.29 is 43.3 Å². The molecular formula is C43H45N3O9. The molecule has 10 rings (SSSR count). The predicted molar refractivity (Wildman–Crippen MR) is 197 cm³/mol. The number of esters is 1. The number of hydrogen-bond donors (Lipinski definition) is 3. The number of nitrogens with zero attached hydrogens (tertiary/aromatic N) is 1. The SMILES string of the molecule is O=C(NCCO)c1cccc(CNC(=O)[C@@]23C[C@H]4OC(=O)[C@@H]2N(Cc2ccccc2C=CC2CCC5OC5C2)O[C@@H]3[C@H]2OC3(Cc5ccccc5C3)O[C@H]24)c1. The highest BCUT2D eigenvalue weighted by molar-refractivity contribution is 5.95. The van der Waals surface area contributed by atoms with Crippen LogP contribution in [-0.4, -0.2) is 89.6 Å². The molecule has 12 heteroatoms. The molecule has 4 heterocycles. The summed E-state index contributed by atoms with van der Waals surface area (Å²) < 4.78 is 25.6. The van der Waals surface area contributed by atoms with Gasteiger partial charge in [-0.25, -0.2) is 0 Å². The molecule has 0 aromatic heterocycles. The lowest BCUT2D eigenvalue weighted by Gasteiger charge is -2.48. The molecular weight excluding hydrogens is 702 g/mol. The van der Waals surface area contributed by atoms with Crippen molar-refractivity contribution in [3.8, 4) is 0 Å². The third-order valence-electron chi connectivity index (χ3n) is 12.7. The number of benzene rings is 3. The molecule has 3 unspecified atom stereocenters. The Hall–Kier alpha value is -4.43. The van der Waals surface area contributed by atoms with Gasteiger partial charge in [-0.2, -0.15) is 5.06 Å². The van der Waals surface area contributed by atoms with Gasteiger partial charge in [-0.1, -0.05) is 72.8 Å². The number of carbonyl (C=O) groups excluding carboxylic acids is 3. The summed E-state index contributed by atoms with van der Waals surface area (Å²) in [7, 11) is 0. The van der Waals surface area contributed by atoms with Crippen molar-refractivity contribution in [2.45, 2.75) is 100 Å². The topological polar surface area (TPSA) is 148 Å². The highest BCUT2D eigenvalue weighted by Crippen LogP contribution is 2.58. The number of nitrogens with one attached hydrogen (secondary N) is 2. The molecule has 55 heavy (non-hydrogen) atoms. The van der Waals surface area contributed by atoms with Gasteiger partial charge < -0.3 is 34.7 Å². The lowest BCUT2D eigenvalue weighted by Crippen LogP contribution is -2.69. The summed E-state index contributed by atoms with van der Waals surface area (Å²) >= 11 is 0. The van der Waals surface area contributed by atoms with E-state index in [1.54, 1.807) is 23.3 Å². The number of hydrogen-bond acceptors (Lipinski definition) is 10. The molecule has 9 atom stereocenters. The Morgan fingerprint density at radius 1 is 0.909 bits per heavy atom. The van der Waals surface area contributed by atoms with Crippen molar-refractivity contribution in [1.82, 2.24) is 15.7 Å². The van der Waals surface area contributed by atoms with E-state index in [2.05, 4.69) is 41.0 Å². The van der Waals surface area contributed by atoms with Gasteiger partial charge in [0.05, 0.1) is 25.4 Å². The van der Waals surface area contributed by atoms with E-state index in [1.807, 2.05) is 36.4 Å². The highest BCUT2D eigenvalue weighted by atomic mass is 16.8. The minimum Gasteiger partial charge on any atom is -0.458 e. The molecule has 286 valence electrons. The Balaban J connectivity index is 0.955. The number of hydroxylamine groups is 2. The lowest BCUT2D eigenvalue weighted by atomic mass is 9.62. The van der Waals surface area contributed by atoms with Gasteiger partial charge in [-0.15, -0.1) is 0 Å². The molecule has 2 amide bonds. The Kier molecular flexibility index (Phi) is 8.69. The summed E-state index contributed by atoms with van der Waals surface area (Å²) in [5.74, 6) is -1.69. The van der Waals surface area contributed by atoms with Gasteiger partial charge in [0, 0.05) is 37.9 Å². The van der Waals surface area contributed by atoms with Crippen LogP contribution in [0.25, 0.3) is 6.08 Å². The number of fused-ring (bicyclic) bond motifs is 6. The number of ether oxygens (including phenoxy) is 4. The summed E-state index contributed by atoms with van der Waals surface area (Å²) in [6, 6.07) is 22.2. The maximum Gasteiger partial charge on any atom is 0.327 e. The average molecular weight is 748 g/mol. The Morgan fingerprint density at radius 3 is 2.53 bits per heavy atom. The Bertz CT molecular complexity index is 2030. The van der Waals surface area contributed by atoms with Gasteiger partial charge in [0.25, 0.3) is 5.91 Å². The largest absolute Gasteiger partial charge is 0.458 e. The van der Waals surface area contributed by atoms with Crippen molar-refractivity contribution >= 4 is 23.9 Å². The molecule has 3 aliphatic carbocycles. The van der Waals surface area contributed by atoms with Gasteiger partial charge in [0.1, 0.15) is 29.8 Å². The van der Waals surface area contributed by atoms with E-state index < -0.39 is 47.6 Å². The molecule has 1 spiro atoms. The molecule has 4 saturated heterocycles. The second kappa shape index (κ2) is 13.6. The molecule has 3 aromatic carbocycles. The minimum absolute atomic E-state index is 0.118. The molecule has 3 aromatic rings. The van der Waals surface area contributed by atoms with E-state index in [0.29, 0.717) is 42.1 Å². The summed E-state index contributed by atoms with van der Waals surface area (Å²) in [6.45, 7) is 0.331. The molecule has 2 bridgehead atoms. The van der Waals surface area contributed by atoms with Crippen molar-refractivity contribution in [3.63, 3.8) is 0 Å². The number of aliphatic hydroxyl groups is 1. The first-order valence-corrected chi connectivity index (χ1v) is 19.6. The zero-order chi connectivity index (χ0) is 37.3. The Morgan fingerprint density at radius 2 is 1.71 bits per heavy atom. The first kappa shape index (κ1) is 35.0. The lowest BCUT2D eigenvalue weighted by molar-refractivity contribution is -0.217. The standard InChI is InChI=1S/C43H45N3O9/c47-17-16-44-39(48)28-11-5-6-26(18-28)23-45-41(50)43-22-34-35-36(54-42(53-35)20-29-8-2-3-9-30(29)21-42)38(43)55-46(37(43)40(49)52-34)24-31-10-4-1-7-27(31)14-12-25-13-15-32-33(19-25)51-32/h1-12,14,18,25,32-38,47H,13,15-17,19-24H2,(H,44,48)(H,45,50)/t25?,32?,33?,34-,35+,36+,37+,38-,43+/m1/s1. The maximum atomic E-state index is 14.9. The van der Waals surface area contributed by atoms with Crippen LogP contribution < -0.4 is 10.6 Å². The van der Waals surface area contributed by atoms with Crippen LogP contribution in [0.4, 0.5) is 0 Å². The second-order valence-corrected chi connectivity index (χ2v) is 16.1. The maximum absolute atomic E-state index is 14.9. The summed E-state index contributed by atoms with van der Waals surface area (Å²) in [6.07, 6.45) is 6.96. The highest BCUT2D eigenvalue weighted by Gasteiger charge is 2.76. The van der Waals surface area contributed by atoms with E-state index in [4.69, 9.17) is 28.9 Å². The van der Waals surface area contributed by atoms with Crippen molar-refractivity contribution in [1.29, 1.82) is 0 Å². The molecule has 6 fully saturated rings. The number of carbonyl (C=O) groups is 3. The van der Waals surface area contributed by atoms with Crippen LogP contribution >= 0.6 is 0 Å². The number of aliphatic hydroxyl groups excluding tert-OH is 1. The number of amides is 2. The fraction of sp³-hybridized carbons (Fsp3) is 0.465. The quantitative estimate of drug-likeness (QED) is 0.208. The van der Waals surface area contributed by atoms with Crippen molar-refractivity contribution in [2.24, 2.45) is 11.3 Å². The molecule has 2 saturated carbocycles. The normalized spacial score (nSPS) is 33.5. The van der Waals surface area contributed by atoms with Crippen LogP contribution in [0.3, 0.4) is 0 Å². The molecule has 3 N–H and O–H groups in total. The number of rotatable bonds is 10. The van der Waals surface area contributed by atoms with E-state index in [-0.39, 0.29) is 44.5 Å². The third-order valence-corrected chi connectivity index (χ3v) is 12.7. The van der Waals surface area contributed by atoms with Crippen LogP contribution in [0.1, 0.15) is 63.9 Å². The first-order chi connectivity index (χ1) is 26.8. The van der Waals surface area contributed by atoms with Crippen LogP contribution in [0.15, 0.2) is 78.9 Å². The average Bonchev–Trinajstić information content (AvgIpc) is 3.54. The molecule has 0 radical (unpaired) electrons. The van der Waals surface area contributed by atoms with Crippen LogP contribution in [-0.2, 0) is 59.3 Å². The molecule has 4 aliphatic heterocycles. The zero-order valence-corrected chi connectivity index (χ0v) is 30.4. The fourth-order valence-electron chi connectivity index (χ4n) is 10.1. The van der Waals surface area contributed by atoms with Gasteiger partial charge in [0.15, 0.2) is 11.8 Å². The summed E-state index contributed by atoms with van der Waals surface area (Å²) in [5.41, 5.74) is 4.05. The monoisotopic (exact) mass is 747 g/mol. The number of epoxide rings is 1. The van der Waals surface area contributed by atoms with E-state index in [9.17, 15) is 14.4 Å². The van der Waals surface area contributed by atoms with E-state index in [0.717, 1.165) is 41.5 Å². The van der Waals surface area contributed by atoms with Crippen LogP contribution in [0, 0.1) is 11.3 Å². The van der Waals surface area contributed by atoms with Crippen LogP contribution in [0.5, 0.6) is 0 Å². The molecule has 7 aliphatic rings. The summed E-state index contributed by atoms with van der Waals surface area (Å²) in [4.78, 5) is 48.6. The van der Waals surface area contributed by atoms with Crippen LogP contribution in [0.2, 0.25) is 0 Å². The summed E-state index contributed by atoms with van der Waals surface area (Å²) in [5, 5.41) is 16.6. The van der Waals surface area contributed by atoms with Gasteiger partial charge in [-0.05, 0) is 65.1 Å². The van der Waals surface area contributed by atoms with Gasteiger partial charge >= 0.3 is 5.97 Å². The second-order valence-electron chi connectivity index (χ2n) is 16.1.